The third-order valence-corrected chi connectivity index (χ3v) is 6.14. The summed E-state index contributed by atoms with van der Waals surface area (Å²) in [6.07, 6.45) is 0.0670. The topological polar surface area (TPSA) is 105 Å². The Morgan fingerprint density at radius 2 is 1.23 bits per heavy atom. The molecule has 40 heavy (non-hydrogen) atoms. The molecule has 0 atom stereocenters. The van der Waals surface area contributed by atoms with Crippen LogP contribution in [0.4, 0.5) is 0 Å². The average Bonchev–Trinajstić information content (AvgIpc) is 2.94. The van der Waals surface area contributed by atoms with Crippen LogP contribution in [-0.2, 0) is 56.7 Å². The Morgan fingerprint density at radius 3 is 1.70 bits per heavy atom. The average molecular weight is 554 g/mol. The maximum Gasteiger partial charge on any atom is 0.314 e. The predicted molar refractivity (Wildman–Crippen MR) is 151 cm³/mol. The molecule has 0 bridgehead atoms. The number of rotatable bonds is 16. The minimum atomic E-state index is -0.427. The molecule has 216 valence electrons. The van der Waals surface area contributed by atoms with E-state index in [0.717, 1.165) is 23.2 Å². The van der Waals surface area contributed by atoms with Gasteiger partial charge in [0.2, 0.25) is 0 Å². The SMILES string of the molecule is CNCc1ccc(OCCC(=O)Oc2c(COC)cc(-c3cc(COC)c(O)c(COC)c3)cc2COC)cc1. The molecule has 0 fully saturated rings. The summed E-state index contributed by atoms with van der Waals surface area (Å²) in [5, 5.41) is 13.8. The molecule has 9 heteroatoms. The monoisotopic (exact) mass is 553 g/mol. The number of nitrogens with one attached hydrogen (secondary N) is 1. The number of phenols is 1. The molecule has 0 saturated carbocycles. The molecule has 0 saturated heterocycles. The molecule has 0 heterocycles. The lowest BCUT2D eigenvalue weighted by Gasteiger charge is -2.18. The smallest absolute Gasteiger partial charge is 0.314 e. The van der Waals surface area contributed by atoms with Crippen LogP contribution in [0.2, 0.25) is 0 Å². The first-order valence-electron chi connectivity index (χ1n) is 13.0. The van der Waals surface area contributed by atoms with Crippen LogP contribution in [0, 0.1) is 0 Å². The number of carbonyl (C=O) groups is 1. The highest BCUT2D eigenvalue weighted by Crippen LogP contribution is 2.36. The molecule has 3 aromatic rings. The van der Waals surface area contributed by atoms with Gasteiger partial charge in [0.15, 0.2) is 0 Å². The highest BCUT2D eigenvalue weighted by atomic mass is 16.5. The molecule has 9 nitrogen and oxygen atoms in total. The van der Waals surface area contributed by atoms with Gasteiger partial charge in [0.05, 0.1) is 39.5 Å². The Morgan fingerprint density at radius 1 is 0.750 bits per heavy atom. The number of benzene rings is 3. The van der Waals surface area contributed by atoms with Crippen molar-refractivity contribution in [1.29, 1.82) is 0 Å². The second kappa shape index (κ2) is 16.0. The highest BCUT2D eigenvalue weighted by molar-refractivity contribution is 5.76. The molecular formula is C31H39NO8. The standard InChI is InChI=1S/C31H39NO8/c1-32-16-21-6-8-28(9-7-21)39-11-10-29(33)40-31-26(19-37-4)14-23(15-27(31)20-38-5)22-12-24(17-35-2)30(34)25(13-22)18-36-3/h6-9,12-15,32,34H,10-11,16-20H2,1-5H3. The van der Waals surface area contributed by atoms with Gasteiger partial charge in [-0.1, -0.05) is 12.1 Å². The number of ether oxygens (including phenoxy) is 6. The second-order valence-electron chi connectivity index (χ2n) is 9.25. The molecule has 3 rings (SSSR count). The number of hydrogen-bond acceptors (Lipinski definition) is 9. The number of aromatic hydroxyl groups is 1. The molecule has 0 spiro atoms. The minimum Gasteiger partial charge on any atom is -0.507 e. The van der Waals surface area contributed by atoms with E-state index >= 15 is 0 Å². The number of hydrogen-bond donors (Lipinski definition) is 2. The zero-order chi connectivity index (χ0) is 28.9. The molecule has 2 N–H and O–H groups in total. The van der Waals surface area contributed by atoms with Gasteiger partial charge < -0.3 is 38.8 Å². The van der Waals surface area contributed by atoms with Crippen molar-refractivity contribution in [2.75, 3.05) is 42.1 Å². The molecule has 0 aliphatic carbocycles. The Kier molecular flexibility index (Phi) is 12.4. The third-order valence-electron chi connectivity index (χ3n) is 6.14. The summed E-state index contributed by atoms with van der Waals surface area (Å²) in [4.78, 5) is 12.8. The van der Waals surface area contributed by atoms with Crippen LogP contribution in [0.25, 0.3) is 11.1 Å². The summed E-state index contributed by atoms with van der Waals surface area (Å²) in [6.45, 7) is 1.87. The van der Waals surface area contributed by atoms with Crippen molar-refractivity contribution in [2.24, 2.45) is 0 Å². The van der Waals surface area contributed by atoms with Crippen LogP contribution in [0.15, 0.2) is 48.5 Å². The lowest BCUT2D eigenvalue weighted by atomic mass is 9.95. The first kappa shape index (κ1) is 31.1. The van der Waals surface area contributed by atoms with E-state index in [9.17, 15) is 9.90 Å². The van der Waals surface area contributed by atoms with Crippen LogP contribution in [0.1, 0.15) is 34.2 Å². The van der Waals surface area contributed by atoms with E-state index in [1.165, 1.54) is 0 Å². The number of esters is 1. The fraction of sp³-hybridized carbons (Fsp3) is 0.387. The summed E-state index contributed by atoms with van der Waals surface area (Å²) in [5.74, 6) is 0.806. The highest BCUT2D eigenvalue weighted by Gasteiger charge is 2.19. The number of phenolic OH excluding ortho intramolecular Hbond substituents is 1. The Labute approximate surface area is 235 Å². The Hall–Kier alpha value is -3.47. The van der Waals surface area contributed by atoms with Crippen molar-refractivity contribution in [1.82, 2.24) is 5.32 Å². The first-order valence-corrected chi connectivity index (χ1v) is 13.0. The van der Waals surface area contributed by atoms with E-state index in [0.29, 0.717) is 33.8 Å². The van der Waals surface area contributed by atoms with Crippen LogP contribution in [0.5, 0.6) is 17.2 Å². The van der Waals surface area contributed by atoms with Gasteiger partial charge in [0.1, 0.15) is 17.2 Å². The van der Waals surface area contributed by atoms with Gasteiger partial charge in [-0.05, 0) is 60.1 Å². The van der Waals surface area contributed by atoms with E-state index in [2.05, 4.69) is 5.32 Å². The van der Waals surface area contributed by atoms with Gasteiger partial charge in [-0.25, -0.2) is 0 Å². The largest absolute Gasteiger partial charge is 0.507 e. The van der Waals surface area contributed by atoms with Crippen molar-refractivity contribution in [3.63, 3.8) is 0 Å². The quantitative estimate of drug-likeness (QED) is 0.192. The van der Waals surface area contributed by atoms with E-state index in [1.807, 2.05) is 55.6 Å². The third kappa shape index (κ3) is 8.51. The van der Waals surface area contributed by atoms with Crippen LogP contribution in [-0.4, -0.2) is 53.2 Å². The summed E-state index contributed by atoms with van der Waals surface area (Å²) in [7, 11) is 8.20. The number of carbonyl (C=O) groups excluding carboxylic acids is 1. The first-order chi connectivity index (χ1) is 19.4. The molecule has 0 aliphatic heterocycles. The maximum absolute atomic E-state index is 12.8. The maximum atomic E-state index is 12.8. The fourth-order valence-corrected chi connectivity index (χ4v) is 4.36. The summed E-state index contributed by atoms with van der Waals surface area (Å²) in [6, 6.07) is 15.3. The summed E-state index contributed by atoms with van der Waals surface area (Å²) >= 11 is 0. The fourth-order valence-electron chi connectivity index (χ4n) is 4.36. The van der Waals surface area contributed by atoms with E-state index in [-0.39, 0.29) is 45.2 Å². The lowest BCUT2D eigenvalue weighted by Crippen LogP contribution is -2.15. The second-order valence-corrected chi connectivity index (χ2v) is 9.25. The molecule has 0 radical (unpaired) electrons. The Bertz CT molecular complexity index is 1190. The van der Waals surface area contributed by atoms with Gasteiger partial charge in [-0.2, -0.15) is 0 Å². The van der Waals surface area contributed by atoms with Gasteiger partial charge >= 0.3 is 5.97 Å². The van der Waals surface area contributed by atoms with Gasteiger partial charge in [-0.3, -0.25) is 4.79 Å². The van der Waals surface area contributed by atoms with E-state index in [4.69, 9.17) is 28.4 Å². The van der Waals surface area contributed by atoms with Crippen molar-refractivity contribution >= 4 is 5.97 Å². The van der Waals surface area contributed by atoms with E-state index < -0.39 is 5.97 Å². The normalized spacial score (nSPS) is 11.0. The lowest BCUT2D eigenvalue weighted by molar-refractivity contribution is -0.135. The van der Waals surface area contributed by atoms with Gasteiger partial charge in [-0.15, -0.1) is 0 Å². The summed E-state index contributed by atoms with van der Waals surface area (Å²) < 4.78 is 33.0. The zero-order valence-corrected chi connectivity index (χ0v) is 23.9. The molecular weight excluding hydrogens is 514 g/mol. The predicted octanol–water partition coefficient (Wildman–Crippen LogP) is 4.74. The minimum absolute atomic E-state index is 0.0670. The summed E-state index contributed by atoms with van der Waals surface area (Å²) in [5.41, 5.74) is 5.50. The van der Waals surface area contributed by atoms with Crippen molar-refractivity contribution < 1.29 is 38.3 Å². The molecule has 0 aromatic heterocycles. The molecule has 0 amide bonds. The Balaban J connectivity index is 1.84. The molecule has 0 aliphatic rings. The van der Waals surface area contributed by atoms with Gasteiger partial charge in [0, 0.05) is 57.2 Å². The molecule has 3 aromatic carbocycles. The van der Waals surface area contributed by atoms with Crippen molar-refractivity contribution in [3.8, 4) is 28.4 Å². The van der Waals surface area contributed by atoms with E-state index in [1.54, 1.807) is 28.4 Å². The number of methoxy groups -OCH3 is 4. The van der Waals surface area contributed by atoms with Gasteiger partial charge in [0.25, 0.3) is 0 Å². The van der Waals surface area contributed by atoms with Crippen molar-refractivity contribution in [2.45, 2.75) is 39.4 Å². The molecule has 0 unspecified atom stereocenters. The van der Waals surface area contributed by atoms with Crippen LogP contribution in [0.3, 0.4) is 0 Å². The van der Waals surface area contributed by atoms with Crippen LogP contribution < -0.4 is 14.8 Å². The zero-order valence-electron chi connectivity index (χ0n) is 23.9. The van der Waals surface area contributed by atoms with Crippen LogP contribution >= 0.6 is 0 Å². The van der Waals surface area contributed by atoms with Crippen molar-refractivity contribution in [3.05, 3.63) is 76.3 Å².